The molecule has 0 saturated carbocycles. The van der Waals surface area contributed by atoms with Crippen molar-refractivity contribution in [3.63, 3.8) is 0 Å². The highest BCUT2D eigenvalue weighted by molar-refractivity contribution is 5.94. The molecule has 0 amide bonds. The Bertz CT molecular complexity index is 880. The van der Waals surface area contributed by atoms with Crippen LogP contribution in [0.1, 0.15) is 64.3 Å². The Balaban J connectivity index is 1.88. The molecule has 2 aliphatic rings. The van der Waals surface area contributed by atoms with Crippen LogP contribution >= 0.6 is 0 Å². The molecule has 1 fully saturated rings. The molecule has 2 aromatic rings. The second-order valence-corrected chi connectivity index (χ2v) is 9.17. The van der Waals surface area contributed by atoms with Crippen molar-refractivity contribution in [3.8, 4) is 0 Å². The number of ether oxygens (including phenoxy) is 1. The Hall–Kier alpha value is -1.85. The molecule has 1 aromatic heterocycles. The Labute approximate surface area is 161 Å². The number of para-hydroxylation sites is 1. The van der Waals surface area contributed by atoms with Gasteiger partial charge in [-0.25, -0.2) is 9.36 Å². The van der Waals surface area contributed by atoms with Crippen LogP contribution in [-0.4, -0.2) is 34.0 Å². The summed E-state index contributed by atoms with van der Waals surface area (Å²) in [5, 5.41) is 14.8. The van der Waals surface area contributed by atoms with E-state index in [0.29, 0.717) is 19.0 Å². The predicted octanol–water partition coefficient (Wildman–Crippen LogP) is 5.16. The summed E-state index contributed by atoms with van der Waals surface area (Å²) in [6.07, 6.45) is 3.30. The number of nitrogens with zero attached hydrogens (tertiary/aromatic N) is 2. The van der Waals surface area contributed by atoms with Crippen molar-refractivity contribution in [2.75, 3.05) is 13.1 Å². The maximum Gasteiger partial charge on any atom is 0.419 e. The number of carbonyl (C=O) groups excluding carboxylic acids is 1. The zero-order valence-electron chi connectivity index (χ0n) is 16.8. The number of quaternary nitrogens is 1. The van der Waals surface area contributed by atoms with Gasteiger partial charge in [-0.05, 0) is 45.2 Å². The van der Waals surface area contributed by atoms with E-state index in [2.05, 4.69) is 13.0 Å². The number of carbonyl (C=O) groups is 1. The molecular weight excluding hydrogens is 340 g/mol. The molecule has 2 aliphatic heterocycles. The average molecular weight is 370 g/mol. The highest BCUT2D eigenvalue weighted by Crippen LogP contribution is 2.47. The molecule has 1 aromatic carbocycles. The van der Waals surface area contributed by atoms with Crippen LogP contribution in [0, 0.1) is 11.1 Å². The fourth-order valence-electron chi connectivity index (χ4n) is 4.97. The van der Waals surface area contributed by atoms with E-state index in [1.165, 1.54) is 5.56 Å². The molecule has 3 atom stereocenters. The van der Waals surface area contributed by atoms with Gasteiger partial charge in [0.05, 0.1) is 24.3 Å². The quantitative estimate of drug-likeness (QED) is 0.515. The lowest BCUT2D eigenvalue weighted by Crippen LogP contribution is -2.55. The third kappa shape index (κ3) is 3.07. The maximum absolute atomic E-state index is 13.7. The summed E-state index contributed by atoms with van der Waals surface area (Å²) in [6, 6.07) is 7.81. The fourth-order valence-corrected chi connectivity index (χ4v) is 4.97. The average Bonchev–Trinajstić information content (AvgIpc) is 2.93. The number of fused-ring (bicyclic) bond motifs is 5. The lowest BCUT2D eigenvalue weighted by molar-refractivity contribution is -0.922. The van der Waals surface area contributed by atoms with Gasteiger partial charge in [-0.15, -0.1) is 0 Å². The summed E-state index contributed by atoms with van der Waals surface area (Å²) < 4.78 is 7.24. The number of hydroxylamine groups is 3. The first kappa shape index (κ1) is 18.5. The Morgan fingerprint density at radius 3 is 2.74 bits per heavy atom. The van der Waals surface area contributed by atoms with Gasteiger partial charge in [0.15, 0.2) is 0 Å². The molecule has 5 heteroatoms. The van der Waals surface area contributed by atoms with E-state index in [1.54, 1.807) is 4.57 Å². The van der Waals surface area contributed by atoms with E-state index in [1.807, 2.05) is 39.0 Å². The summed E-state index contributed by atoms with van der Waals surface area (Å²) >= 11 is 0. The van der Waals surface area contributed by atoms with Gasteiger partial charge in [-0.1, -0.05) is 25.1 Å². The first-order valence-electron chi connectivity index (χ1n) is 10.2. The van der Waals surface area contributed by atoms with E-state index in [9.17, 15) is 10.0 Å². The number of hydrogen-bond donors (Lipinski definition) is 0. The zero-order valence-corrected chi connectivity index (χ0v) is 16.8. The van der Waals surface area contributed by atoms with Gasteiger partial charge in [0.25, 0.3) is 0 Å². The van der Waals surface area contributed by atoms with Crippen LogP contribution < -0.4 is 0 Å². The summed E-state index contributed by atoms with van der Waals surface area (Å²) in [5.74, 6) is 0.486. The van der Waals surface area contributed by atoms with Crippen molar-refractivity contribution < 1.29 is 14.2 Å². The Kier molecular flexibility index (Phi) is 4.35. The second kappa shape index (κ2) is 6.35. The van der Waals surface area contributed by atoms with Crippen molar-refractivity contribution in [2.24, 2.45) is 5.92 Å². The Morgan fingerprint density at radius 1 is 1.30 bits per heavy atom. The molecule has 0 spiro atoms. The first-order chi connectivity index (χ1) is 12.7. The number of benzene rings is 1. The molecule has 3 heterocycles. The van der Waals surface area contributed by atoms with Crippen molar-refractivity contribution in [3.05, 3.63) is 40.7 Å². The fraction of sp³-hybridized carbons (Fsp3) is 0.591. The summed E-state index contributed by atoms with van der Waals surface area (Å²) in [4.78, 5) is 13.1. The molecule has 27 heavy (non-hydrogen) atoms. The normalized spacial score (nSPS) is 27.9. The molecule has 0 unspecified atom stereocenters. The van der Waals surface area contributed by atoms with E-state index in [0.717, 1.165) is 42.3 Å². The van der Waals surface area contributed by atoms with Gasteiger partial charge in [-0.2, -0.15) is 0 Å². The van der Waals surface area contributed by atoms with Gasteiger partial charge in [0, 0.05) is 24.1 Å². The maximum atomic E-state index is 13.7. The lowest BCUT2D eigenvalue weighted by Gasteiger charge is -2.55. The van der Waals surface area contributed by atoms with Gasteiger partial charge < -0.3 is 14.6 Å². The monoisotopic (exact) mass is 370 g/mol. The van der Waals surface area contributed by atoms with Crippen molar-refractivity contribution in [2.45, 2.75) is 65.0 Å². The minimum Gasteiger partial charge on any atom is -0.632 e. The topological polar surface area (TPSA) is 54.3 Å². The minimum atomic E-state index is -0.576. The van der Waals surface area contributed by atoms with Gasteiger partial charge in [0.1, 0.15) is 11.6 Å². The number of hydrogen-bond acceptors (Lipinski definition) is 3. The second-order valence-electron chi connectivity index (χ2n) is 9.17. The van der Waals surface area contributed by atoms with E-state index in [-0.39, 0.29) is 16.8 Å². The molecule has 0 bridgehead atoms. The number of rotatable bonds is 1. The number of aromatic nitrogens is 1. The standard InChI is InChI=1S/C22H30N2O3/c1-5-15-10-11-19-20-17(12-13-24(19,26)14-15)16-8-6-7-9-18(16)23(20)21(25)27-22(2,3)4/h6-9,15,19H,5,10-14H2,1-4H3/t15-,19+,24-/m1/s1. The first-order valence-corrected chi connectivity index (χ1v) is 10.2. The van der Waals surface area contributed by atoms with Crippen LogP contribution in [0.25, 0.3) is 10.9 Å². The van der Waals surface area contributed by atoms with Crippen molar-refractivity contribution in [1.82, 2.24) is 4.57 Å². The smallest absolute Gasteiger partial charge is 0.419 e. The third-order valence-corrected chi connectivity index (χ3v) is 6.21. The highest BCUT2D eigenvalue weighted by atomic mass is 16.6. The van der Waals surface area contributed by atoms with Crippen LogP contribution in [0.15, 0.2) is 24.3 Å². The molecule has 1 saturated heterocycles. The predicted molar refractivity (Wildman–Crippen MR) is 106 cm³/mol. The largest absolute Gasteiger partial charge is 0.632 e. The minimum absolute atomic E-state index is 0.170. The van der Waals surface area contributed by atoms with E-state index < -0.39 is 5.60 Å². The summed E-state index contributed by atoms with van der Waals surface area (Å²) in [7, 11) is 0. The van der Waals surface area contributed by atoms with Crippen molar-refractivity contribution >= 4 is 17.0 Å². The molecular formula is C22H30N2O3. The zero-order chi connectivity index (χ0) is 19.4. The van der Waals surface area contributed by atoms with Crippen molar-refractivity contribution in [1.29, 1.82) is 0 Å². The highest BCUT2D eigenvalue weighted by Gasteiger charge is 2.45. The van der Waals surface area contributed by atoms with Crippen LogP contribution in [0.2, 0.25) is 0 Å². The Morgan fingerprint density at radius 2 is 2.04 bits per heavy atom. The molecule has 0 radical (unpaired) electrons. The van der Waals surface area contributed by atoms with Gasteiger partial charge in [-0.3, -0.25) is 0 Å². The molecule has 146 valence electrons. The van der Waals surface area contributed by atoms with Gasteiger partial charge in [0.2, 0.25) is 0 Å². The van der Waals surface area contributed by atoms with E-state index in [4.69, 9.17) is 4.74 Å². The molecule has 0 N–H and O–H groups in total. The molecule has 4 rings (SSSR count). The van der Waals surface area contributed by atoms with Gasteiger partial charge >= 0.3 is 6.09 Å². The lowest BCUT2D eigenvalue weighted by atomic mass is 9.84. The van der Waals surface area contributed by atoms with E-state index >= 15 is 0 Å². The van der Waals surface area contributed by atoms with Crippen LogP contribution in [-0.2, 0) is 11.2 Å². The third-order valence-electron chi connectivity index (χ3n) is 6.21. The SMILES string of the molecule is CC[C@@H]1CC[C@H]2c3c(c4ccccc4n3C(=O)OC(C)(C)C)CC[N@@+]2([O-])C1. The van der Waals surface area contributed by atoms with Crippen LogP contribution in [0.3, 0.4) is 0 Å². The summed E-state index contributed by atoms with van der Waals surface area (Å²) in [6.45, 7) is 9.08. The molecule has 5 nitrogen and oxygen atoms in total. The molecule has 0 aliphatic carbocycles. The van der Waals surface area contributed by atoms with Crippen LogP contribution in [0.5, 0.6) is 0 Å². The van der Waals surface area contributed by atoms with Crippen LogP contribution in [0.4, 0.5) is 4.79 Å². The summed E-state index contributed by atoms with van der Waals surface area (Å²) in [5.41, 5.74) is 2.36. The number of piperidine rings is 1.